The van der Waals surface area contributed by atoms with Crippen molar-refractivity contribution in [2.75, 3.05) is 26.4 Å². The molecule has 3 heteroatoms. The predicted molar refractivity (Wildman–Crippen MR) is 89.0 cm³/mol. The van der Waals surface area contributed by atoms with Crippen LogP contribution in [0.4, 0.5) is 0 Å². The van der Waals surface area contributed by atoms with E-state index in [2.05, 4.69) is 44.3 Å². The number of hydrogen-bond acceptors (Lipinski definition) is 3. The highest BCUT2D eigenvalue weighted by molar-refractivity contribution is 5.35. The molecule has 0 bridgehead atoms. The average molecular weight is 293 g/mol. The highest BCUT2D eigenvalue weighted by Gasteiger charge is 2.13. The van der Waals surface area contributed by atoms with E-state index in [0.29, 0.717) is 19.3 Å². The van der Waals surface area contributed by atoms with Crippen molar-refractivity contribution < 1.29 is 9.47 Å². The first-order valence-electron chi connectivity index (χ1n) is 8.36. The van der Waals surface area contributed by atoms with Crippen LogP contribution in [0, 0.1) is 0 Å². The largest absolute Gasteiger partial charge is 0.491 e. The Morgan fingerprint density at radius 1 is 1.00 bits per heavy atom. The molecular formula is C18H31NO2. The van der Waals surface area contributed by atoms with Gasteiger partial charge in [-0.1, -0.05) is 45.4 Å². The summed E-state index contributed by atoms with van der Waals surface area (Å²) in [6.45, 7) is 9.71. The van der Waals surface area contributed by atoms with Crippen molar-refractivity contribution in [3.05, 3.63) is 29.8 Å². The maximum Gasteiger partial charge on any atom is 0.124 e. The van der Waals surface area contributed by atoms with Crippen LogP contribution in [-0.4, -0.2) is 26.4 Å². The second-order valence-corrected chi connectivity index (χ2v) is 5.27. The summed E-state index contributed by atoms with van der Waals surface area (Å²) >= 11 is 0. The van der Waals surface area contributed by atoms with E-state index in [4.69, 9.17) is 9.47 Å². The molecule has 0 fully saturated rings. The minimum atomic E-state index is 0.363. The standard InChI is InChI=1S/C18H31NO2/c1-4-7-13-20-14-15-21-18-11-9-8-10-16(18)17(6-3)19-12-5-2/h8-11,17,19H,4-7,12-15H2,1-3H3. The second-order valence-electron chi connectivity index (χ2n) is 5.27. The van der Waals surface area contributed by atoms with E-state index in [1.54, 1.807) is 0 Å². The van der Waals surface area contributed by atoms with Crippen molar-refractivity contribution in [3.8, 4) is 5.75 Å². The first-order chi connectivity index (χ1) is 10.3. The summed E-state index contributed by atoms with van der Waals surface area (Å²) in [5.74, 6) is 0.979. The molecule has 0 aliphatic carbocycles. The Kier molecular flexibility index (Phi) is 9.92. The van der Waals surface area contributed by atoms with Gasteiger partial charge >= 0.3 is 0 Å². The minimum Gasteiger partial charge on any atom is -0.491 e. The SMILES string of the molecule is CCCCOCCOc1ccccc1C(CC)NCCC. The quantitative estimate of drug-likeness (QED) is 0.582. The van der Waals surface area contributed by atoms with E-state index in [-0.39, 0.29) is 0 Å². The van der Waals surface area contributed by atoms with Crippen molar-refractivity contribution in [1.82, 2.24) is 5.32 Å². The predicted octanol–water partition coefficient (Wildman–Crippen LogP) is 4.33. The third kappa shape index (κ3) is 6.96. The zero-order valence-electron chi connectivity index (χ0n) is 13.9. The van der Waals surface area contributed by atoms with Gasteiger partial charge in [-0.2, -0.15) is 0 Å². The Morgan fingerprint density at radius 3 is 2.52 bits per heavy atom. The second kappa shape index (κ2) is 11.6. The molecule has 1 rings (SSSR count). The fourth-order valence-corrected chi connectivity index (χ4v) is 2.25. The van der Waals surface area contributed by atoms with E-state index < -0.39 is 0 Å². The van der Waals surface area contributed by atoms with Crippen molar-refractivity contribution in [1.29, 1.82) is 0 Å². The van der Waals surface area contributed by atoms with Gasteiger partial charge in [0.1, 0.15) is 12.4 Å². The molecule has 0 aliphatic rings. The van der Waals surface area contributed by atoms with Crippen LogP contribution in [-0.2, 0) is 4.74 Å². The van der Waals surface area contributed by atoms with Gasteiger partial charge in [-0.25, -0.2) is 0 Å². The van der Waals surface area contributed by atoms with Gasteiger partial charge < -0.3 is 14.8 Å². The van der Waals surface area contributed by atoms with Gasteiger partial charge in [0, 0.05) is 18.2 Å². The lowest BCUT2D eigenvalue weighted by Gasteiger charge is -2.20. The molecule has 21 heavy (non-hydrogen) atoms. The summed E-state index contributed by atoms with van der Waals surface area (Å²) in [4.78, 5) is 0. The van der Waals surface area contributed by atoms with Gasteiger partial charge in [-0.3, -0.25) is 0 Å². The zero-order valence-corrected chi connectivity index (χ0v) is 13.9. The lowest BCUT2D eigenvalue weighted by molar-refractivity contribution is 0.0975. The lowest BCUT2D eigenvalue weighted by Crippen LogP contribution is -2.22. The van der Waals surface area contributed by atoms with Crippen LogP contribution in [0.25, 0.3) is 0 Å². The van der Waals surface area contributed by atoms with Gasteiger partial charge in [0.2, 0.25) is 0 Å². The number of para-hydroxylation sites is 1. The first-order valence-corrected chi connectivity index (χ1v) is 8.36. The van der Waals surface area contributed by atoms with Gasteiger partial charge in [-0.05, 0) is 31.9 Å². The highest BCUT2D eigenvalue weighted by Crippen LogP contribution is 2.27. The molecule has 1 unspecified atom stereocenters. The Labute approximate surface area is 130 Å². The third-order valence-corrected chi connectivity index (χ3v) is 3.47. The van der Waals surface area contributed by atoms with Crippen LogP contribution < -0.4 is 10.1 Å². The Bertz CT molecular complexity index is 368. The molecule has 0 spiro atoms. The van der Waals surface area contributed by atoms with Crippen LogP contribution >= 0.6 is 0 Å². The number of ether oxygens (including phenoxy) is 2. The van der Waals surface area contributed by atoms with Crippen LogP contribution in [0.5, 0.6) is 5.75 Å². The summed E-state index contributed by atoms with van der Waals surface area (Å²) < 4.78 is 11.5. The van der Waals surface area contributed by atoms with Crippen LogP contribution in [0.15, 0.2) is 24.3 Å². The Balaban J connectivity index is 2.49. The van der Waals surface area contributed by atoms with Crippen molar-refractivity contribution in [3.63, 3.8) is 0 Å². The number of hydrogen-bond donors (Lipinski definition) is 1. The molecule has 0 amide bonds. The average Bonchev–Trinajstić information content (AvgIpc) is 2.52. The molecule has 1 N–H and O–H groups in total. The van der Waals surface area contributed by atoms with Gasteiger partial charge in [0.15, 0.2) is 0 Å². The number of unbranched alkanes of at least 4 members (excludes halogenated alkanes) is 1. The maximum atomic E-state index is 5.92. The molecule has 1 aromatic carbocycles. The van der Waals surface area contributed by atoms with E-state index in [9.17, 15) is 0 Å². The highest BCUT2D eigenvalue weighted by atomic mass is 16.5. The summed E-state index contributed by atoms with van der Waals surface area (Å²) in [6, 6.07) is 8.68. The van der Waals surface area contributed by atoms with Crippen molar-refractivity contribution in [2.24, 2.45) is 0 Å². The maximum absolute atomic E-state index is 5.92. The summed E-state index contributed by atoms with van der Waals surface area (Å²) in [5.41, 5.74) is 1.25. The lowest BCUT2D eigenvalue weighted by atomic mass is 10.0. The van der Waals surface area contributed by atoms with Crippen LogP contribution in [0.2, 0.25) is 0 Å². The Hall–Kier alpha value is -1.06. The topological polar surface area (TPSA) is 30.5 Å². The summed E-state index contributed by atoms with van der Waals surface area (Å²) in [7, 11) is 0. The van der Waals surface area contributed by atoms with Gasteiger partial charge in [0.25, 0.3) is 0 Å². The molecule has 0 saturated carbocycles. The Morgan fingerprint density at radius 2 is 1.81 bits per heavy atom. The number of benzene rings is 1. The smallest absolute Gasteiger partial charge is 0.124 e. The summed E-state index contributed by atoms with van der Waals surface area (Å²) in [5, 5.41) is 3.58. The molecule has 0 radical (unpaired) electrons. The molecule has 0 aromatic heterocycles. The van der Waals surface area contributed by atoms with Crippen molar-refractivity contribution in [2.45, 2.75) is 52.5 Å². The molecule has 0 aliphatic heterocycles. The first kappa shape index (κ1) is 18.0. The third-order valence-electron chi connectivity index (χ3n) is 3.47. The minimum absolute atomic E-state index is 0.363. The van der Waals surface area contributed by atoms with Crippen LogP contribution in [0.1, 0.15) is 58.1 Å². The van der Waals surface area contributed by atoms with Gasteiger partial charge in [-0.15, -0.1) is 0 Å². The monoisotopic (exact) mass is 293 g/mol. The fourth-order valence-electron chi connectivity index (χ4n) is 2.25. The summed E-state index contributed by atoms with van der Waals surface area (Å²) in [6.07, 6.45) is 4.50. The normalized spacial score (nSPS) is 12.3. The molecule has 0 heterocycles. The molecule has 120 valence electrons. The zero-order chi connectivity index (χ0) is 15.3. The number of rotatable bonds is 12. The molecule has 1 aromatic rings. The van der Waals surface area contributed by atoms with Crippen LogP contribution in [0.3, 0.4) is 0 Å². The molecule has 3 nitrogen and oxygen atoms in total. The van der Waals surface area contributed by atoms with E-state index in [0.717, 1.165) is 38.2 Å². The molecule has 1 atom stereocenters. The van der Waals surface area contributed by atoms with Crippen molar-refractivity contribution >= 4 is 0 Å². The van der Waals surface area contributed by atoms with E-state index >= 15 is 0 Å². The fraction of sp³-hybridized carbons (Fsp3) is 0.667. The molecule has 0 saturated heterocycles. The number of nitrogens with one attached hydrogen (secondary N) is 1. The van der Waals surface area contributed by atoms with E-state index in [1.165, 1.54) is 12.0 Å². The molecular weight excluding hydrogens is 262 g/mol. The van der Waals surface area contributed by atoms with Gasteiger partial charge in [0.05, 0.1) is 6.61 Å². The van der Waals surface area contributed by atoms with E-state index in [1.807, 2.05) is 6.07 Å².